The summed E-state index contributed by atoms with van der Waals surface area (Å²) < 4.78 is 0. The van der Waals surface area contributed by atoms with Gasteiger partial charge in [0.15, 0.2) is 0 Å². The molecule has 2 rings (SSSR count). The van der Waals surface area contributed by atoms with Crippen LogP contribution in [-0.2, 0) is 6.54 Å². The minimum atomic E-state index is 0.364. The van der Waals surface area contributed by atoms with E-state index in [2.05, 4.69) is 31.1 Å². The molecule has 1 saturated carbocycles. The van der Waals surface area contributed by atoms with Crippen molar-refractivity contribution in [3.8, 4) is 0 Å². The van der Waals surface area contributed by atoms with Gasteiger partial charge in [0.25, 0.3) is 0 Å². The number of nitrogens with zero attached hydrogens (tertiary/aromatic N) is 1. The Morgan fingerprint density at radius 3 is 2.50 bits per heavy atom. The molecule has 0 radical (unpaired) electrons. The molecule has 0 unspecified atom stereocenters. The van der Waals surface area contributed by atoms with Crippen LogP contribution in [0, 0.1) is 13.8 Å². The summed E-state index contributed by atoms with van der Waals surface area (Å²) in [5.74, 6) is 0. The van der Waals surface area contributed by atoms with Crippen molar-refractivity contribution in [2.45, 2.75) is 65.0 Å². The zero-order valence-electron chi connectivity index (χ0n) is 10.6. The van der Waals surface area contributed by atoms with Crippen molar-refractivity contribution in [1.29, 1.82) is 0 Å². The number of aromatic nitrogens is 1. The number of rotatable bonds is 3. The molecule has 0 atom stereocenters. The van der Waals surface area contributed by atoms with Gasteiger partial charge in [-0.1, -0.05) is 19.3 Å². The molecular weight excluding hydrogens is 216 g/mol. The van der Waals surface area contributed by atoms with Crippen LogP contribution in [0.5, 0.6) is 0 Å². The number of hydrogen-bond donors (Lipinski definition) is 1. The van der Waals surface area contributed by atoms with Crippen molar-refractivity contribution in [2.24, 2.45) is 0 Å². The number of hydrogen-bond acceptors (Lipinski definition) is 3. The Morgan fingerprint density at radius 2 is 1.94 bits per heavy atom. The van der Waals surface area contributed by atoms with Crippen LogP contribution in [0.2, 0.25) is 0 Å². The lowest BCUT2D eigenvalue weighted by Crippen LogP contribution is -2.43. The summed E-state index contributed by atoms with van der Waals surface area (Å²) in [7, 11) is 0. The zero-order valence-corrected chi connectivity index (χ0v) is 11.4. The van der Waals surface area contributed by atoms with Gasteiger partial charge in [-0.3, -0.25) is 0 Å². The fraction of sp³-hybridized carbons (Fsp3) is 0.769. The number of thiazole rings is 1. The van der Waals surface area contributed by atoms with Gasteiger partial charge in [0, 0.05) is 17.0 Å². The summed E-state index contributed by atoms with van der Waals surface area (Å²) in [5.41, 5.74) is 1.57. The normalized spacial score (nSPS) is 19.9. The monoisotopic (exact) mass is 238 g/mol. The van der Waals surface area contributed by atoms with Crippen molar-refractivity contribution in [2.75, 3.05) is 0 Å². The standard InChI is InChI=1S/C13H22N2S/c1-10-12(16-11(2)15-10)9-14-13(3)7-5-4-6-8-13/h14H,4-9H2,1-3H3. The SMILES string of the molecule is Cc1nc(C)c(CNC2(C)CCCCC2)s1. The summed E-state index contributed by atoms with van der Waals surface area (Å²) in [6.07, 6.45) is 6.82. The van der Waals surface area contributed by atoms with Crippen molar-refractivity contribution in [3.05, 3.63) is 15.6 Å². The molecule has 16 heavy (non-hydrogen) atoms. The fourth-order valence-electron chi connectivity index (χ4n) is 2.54. The number of aryl methyl sites for hydroxylation is 2. The number of nitrogens with one attached hydrogen (secondary N) is 1. The highest BCUT2D eigenvalue weighted by Gasteiger charge is 2.26. The van der Waals surface area contributed by atoms with Crippen molar-refractivity contribution in [1.82, 2.24) is 10.3 Å². The lowest BCUT2D eigenvalue weighted by molar-refractivity contribution is 0.253. The quantitative estimate of drug-likeness (QED) is 0.870. The van der Waals surface area contributed by atoms with E-state index in [4.69, 9.17) is 0 Å². The van der Waals surface area contributed by atoms with E-state index in [1.807, 2.05) is 11.3 Å². The summed E-state index contributed by atoms with van der Waals surface area (Å²) in [4.78, 5) is 5.88. The summed E-state index contributed by atoms with van der Waals surface area (Å²) in [5, 5.41) is 4.92. The van der Waals surface area contributed by atoms with Gasteiger partial charge < -0.3 is 5.32 Å². The van der Waals surface area contributed by atoms with Crippen molar-refractivity contribution < 1.29 is 0 Å². The van der Waals surface area contributed by atoms with Crippen LogP contribution in [-0.4, -0.2) is 10.5 Å². The van der Waals surface area contributed by atoms with Crippen LogP contribution in [0.15, 0.2) is 0 Å². The summed E-state index contributed by atoms with van der Waals surface area (Å²) >= 11 is 1.83. The van der Waals surface area contributed by atoms with Gasteiger partial charge in [0.05, 0.1) is 10.7 Å². The Bertz CT molecular complexity index is 351. The molecule has 3 heteroatoms. The molecule has 0 amide bonds. The third kappa shape index (κ3) is 2.83. The maximum atomic E-state index is 4.48. The highest BCUT2D eigenvalue weighted by atomic mass is 32.1. The minimum absolute atomic E-state index is 0.364. The lowest BCUT2D eigenvalue weighted by Gasteiger charge is -2.34. The molecule has 1 N–H and O–H groups in total. The summed E-state index contributed by atoms with van der Waals surface area (Å²) in [6, 6.07) is 0. The lowest BCUT2D eigenvalue weighted by atomic mass is 9.83. The van der Waals surface area contributed by atoms with Crippen LogP contribution in [0.1, 0.15) is 54.6 Å². The maximum Gasteiger partial charge on any atom is 0.0900 e. The van der Waals surface area contributed by atoms with Crippen LogP contribution in [0.25, 0.3) is 0 Å². The summed E-state index contributed by atoms with van der Waals surface area (Å²) in [6.45, 7) is 7.57. The Balaban J connectivity index is 1.93. The first-order valence-electron chi connectivity index (χ1n) is 6.27. The van der Waals surface area contributed by atoms with Crippen LogP contribution < -0.4 is 5.32 Å². The molecule has 0 bridgehead atoms. The van der Waals surface area contributed by atoms with E-state index >= 15 is 0 Å². The molecule has 90 valence electrons. The molecule has 2 nitrogen and oxygen atoms in total. The van der Waals surface area contributed by atoms with Gasteiger partial charge in [-0.2, -0.15) is 0 Å². The van der Waals surface area contributed by atoms with E-state index in [-0.39, 0.29) is 0 Å². The van der Waals surface area contributed by atoms with E-state index in [1.165, 1.54) is 47.7 Å². The van der Waals surface area contributed by atoms with E-state index in [1.54, 1.807) is 0 Å². The zero-order chi connectivity index (χ0) is 11.6. The Labute approximate surface area is 102 Å². The van der Waals surface area contributed by atoms with Crippen LogP contribution in [0.4, 0.5) is 0 Å². The second-order valence-corrected chi connectivity index (χ2v) is 6.50. The molecule has 0 saturated heterocycles. The second kappa shape index (κ2) is 4.84. The van der Waals surface area contributed by atoms with E-state index in [0.717, 1.165) is 6.54 Å². The molecule has 1 heterocycles. The van der Waals surface area contributed by atoms with E-state index < -0.39 is 0 Å². The minimum Gasteiger partial charge on any atom is -0.307 e. The van der Waals surface area contributed by atoms with Gasteiger partial charge in [-0.05, 0) is 33.6 Å². The first kappa shape index (κ1) is 12.1. The first-order valence-corrected chi connectivity index (χ1v) is 7.09. The molecule has 1 aromatic rings. The van der Waals surface area contributed by atoms with E-state index in [9.17, 15) is 0 Å². The van der Waals surface area contributed by atoms with Crippen LogP contribution in [0.3, 0.4) is 0 Å². The average molecular weight is 238 g/mol. The van der Waals surface area contributed by atoms with Crippen LogP contribution >= 0.6 is 11.3 Å². The van der Waals surface area contributed by atoms with Crippen molar-refractivity contribution in [3.63, 3.8) is 0 Å². The molecule has 0 aromatic carbocycles. The third-order valence-electron chi connectivity index (χ3n) is 3.63. The topological polar surface area (TPSA) is 24.9 Å². The van der Waals surface area contributed by atoms with Gasteiger partial charge in [-0.25, -0.2) is 4.98 Å². The van der Waals surface area contributed by atoms with E-state index in [0.29, 0.717) is 5.54 Å². The largest absolute Gasteiger partial charge is 0.307 e. The smallest absolute Gasteiger partial charge is 0.0900 e. The molecular formula is C13H22N2S. The van der Waals surface area contributed by atoms with Gasteiger partial charge in [-0.15, -0.1) is 11.3 Å². The fourth-order valence-corrected chi connectivity index (χ4v) is 3.42. The highest BCUT2D eigenvalue weighted by Crippen LogP contribution is 2.28. The third-order valence-corrected chi connectivity index (χ3v) is 4.71. The Kier molecular flexibility index (Phi) is 3.65. The maximum absolute atomic E-state index is 4.48. The molecule has 0 aliphatic heterocycles. The molecule has 1 aromatic heterocycles. The van der Waals surface area contributed by atoms with Crippen molar-refractivity contribution >= 4 is 11.3 Å². The molecule has 0 spiro atoms. The molecule has 1 aliphatic rings. The predicted octanol–water partition coefficient (Wildman–Crippen LogP) is 3.57. The molecule has 1 aliphatic carbocycles. The highest BCUT2D eigenvalue weighted by molar-refractivity contribution is 7.11. The predicted molar refractivity (Wildman–Crippen MR) is 69.9 cm³/mol. The van der Waals surface area contributed by atoms with Gasteiger partial charge in [0.1, 0.15) is 0 Å². The second-order valence-electron chi connectivity index (χ2n) is 5.22. The van der Waals surface area contributed by atoms with Gasteiger partial charge in [0.2, 0.25) is 0 Å². The molecule has 1 fully saturated rings. The average Bonchev–Trinajstić information content (AvgIpc) is 2.56. The Hall–Kier alpha value is -0.410. The van der Waals surface area contributed by atoms with Gasteiger partial charge >= 0.3 is 0 Å². The Morgan fingerprint density at radius 1 is 1.25 bits per heavy atom. The first-order chi connectivity index (χ1) is 7.59.